The number of rotatable bonds is 15. The lowest BCUT2D eigenvalue weighted by Gasteiger charge is -2.35. The number of sulfonamides is 1. The van der Waals surface area contributed by atoms with E-state index >= 15 is 0 Å². The van der Waals surface area contributed by atoms with Gasteiger partial charge in [-0.2, -0.15) is 0 Å². The van der Waals surface area contributed by atoms with E-state index in [1.807, 2.05) is 20.8 Å². The average Bonchev–Trinajstić information content (AvgIpc) is 3.05. The molecule has 3 aromatic carbocycles. The number of nitrogens with one attached hydrogen (secondary N) is 1. The largest absolute Gasteiger partial charge is 0.497 e. The molecule has 256 valence electrons. The molecule has 0 unspecified atom stereocenters. The van der Waals surface area contributed by atoms with Gasteiger partial charge in [0.2, 0.25) is 11.8 Å². The van der Waals surface area contributed by atoms with Crippen molar-refractivity contribution < 1.29 is 41.7 Å². The van der Waals surface area contributed by atoms with Crippen LogP contribution in [0, 0.1) is 0 Å². The first-order valence-electron chi connectivity index (χ1n) is 14.9. The molecule has 47 heavy (non-hydrogen) atoms. The SMILES string of the molecule is CC[C@H](C(=O)NC(C)(C)C)N(Cc1ccc(OC)cc1)C(=O)CN(c1cc(OC)ccc1OC)S(=O)(=O)c1ccc(OC)c(OC)c1. The molecule has 2 amide bonds. The molecule has 0 fully saturated rings. The Morgan fingerprint density at radius 2 is 1.34 bits per heavy atom. The highest BCUT2D eigenvalue weighted by atomic mass is 32.2. The molecule has 0 aromatic heterocycles. The number of ether oxygens (including phenoxy) is 5. The lowest BCUT2D eigenvalue weighted by molar-refractivity contribution is -0.141. The van der Waals surface area contributed by atoms with Gasteiger partial charge in [-0.05, 0) is 69.2 Å². The van der Waals surface area contributed by atoms with Crippen LogP contribution in [0.5, 0.6) is 28.7 Å². The standard InChI is InChI=1S/C34H45N3O9S/c1-10-27(33(39)35-34(2,3)4)36(21-23-11-13-24(42-5)14-12-23)32(38)22-37(28-19-25(43-6)15-17-29(28)44-7)47(40,41)26-16-18-30(45-8)31(20-26)46-9/h11-20,27H,10,21-22H2,1-9H3,(H,35,39)/t27-/m1/s1. The van der Waals surface area contributed by atoms with Crippen molar-refractivity contribution in [2.45, 2.75) is 57.1 Å². The fourth-order valence-corrected chi connectivity index (χ4v) is 6.34. The van der Waals surface area contributed by atoms with Gasteiger partial charge in [0, 0.05) is 24.2 Å². The summed E-state index contributed by atoms with van der Waals surface area (Å²) in [5.41, 5.74) is 0.205. The zero-order valence-electron chi connectivity index (χ0n) is 28.4. The van der Waals surface area contributed by atoms with Crippen molar-refractivity contribution in [2.24, 2.45) is 0 Å². The highest BCUT2D eigenvalue weighted by Gasteiger charge is 2.36. The maximum atomic E-state index is 14.5. The number of hydrogen-bond donors (Lipinski definition) is 1. The van der Waals surface area contributed by atoms with Gasteiger partial charge in [-0.25, -0.2) is 8.42 Å². The smallest absolute Gasteiger partial charge is 0.265 e. The van der Waals surface area contributed by atoms with E-state index in [0.29, 0.717) is 17.2 Å². The van der Waals surface area contributed by atoms with Gasteiger partial charge in [-0.1, -0.05) is 19.1 Å². The number of amides is 2. The highest BCUT2D eigenvalue weighted by molar-refractivity contribution is 7.92. The molecule has 0 heterocycles. The Morgan fingerprint density at radius 1 is 0.766 bits per heavy atom. The van der Waals surface area contributed by atoms with Crippen molar-refractivity contribution in [3.8, 4) is 28.7 Å². The van der Waals surface area contributed by atoms with E-state index in [2.05, 4.69) is 5.32 Å². The van der Waals surface area contributed by atoms with Gasteiger partial charge in [-0.3, -0.25) is 13.9 Å². The van der Waals surface area contributed by atoms with Gasteiger partial charge < -0.3 is 33.9 Å². The molecule has 3 aromatic rings. The predicted molar refractivity (Wildman–Crippen MR) is 179 cm³/mol. The predicted octanol–water partition coefficient (Wildman–Crippen LogP) is 4.65. The van der Waals surface area contributed by atoms with Crippen molar-refractivity contribution in [2.75, 3.05) is 46.4 Å². The Kier molecular flexibility index (Phi) is 12.3. The van der Waals surface area contributed by atoms with Crippen LogP contribution >= 0.6 is 0 Å². The summed E-state index contributed by atoms with van der Waals surface area (Å²) in [4.78, 5) is 29.3. The molecule has 1 atom stereocenters. The highest BCUT2D eigenvalue weighted by Crippen LogP contribution is 2.38. The maximum absolute atomic E-state index is 14.5. The Morgan fingerprint density at radius 3 is 1.87 bits per heavy atom. The van der Waals surface area contributed by atoms with Crippen molar-refractivity contribution >= 4 is 27.5 Å². The first-order valence-corrected chi connectivity index (χ1v) is 16.4. The molecule has 3 rings (SSSR count). The third-order valence-corrected chi connectivity index (χ3v) is 9.03. The molecule has 0 bridgehead atoms. The van der Waals surface area contributed by atoms with Gasteiger partial charge in [0.15, 0.2) is 11.5 Å². The minimum absolute atomic E-state index is 0.0262. The molecule has 1 N–H and O–H groups in total. The second-order valence-electron chi connectivity index (χ2n) is 11.6. The van der Waals surface area contributed by atoms with Crippen LogP contribution in [0.15, 0.2) is 65.6 Å². The Bertz CT molecular complexity index is 1640. The molecule has 0 aliphatic rings. The average molecular weight is 672 g/mol. The number of carbonyl (C=O) groups excluding carboxylic acids is 2. The number of hydrogen-bond acceptors (Lipinski definition) is 9. The van der Waals surface area contributed by atoms with Gasteiger partial charge in [0.25, 0.3) is 10.0 Å². The Balaban J connectivity index is 2.20. The van der Waals surface area contributed by atoms with Crippen molar-refractivity contribution in [3.63, 3.8) is 0 Å². The normalized spacial score (nSPS) is 12.0. The first kappa shape index (κ1) is 36.8. The van der Waals surface area contributed by atoms with E-state index < -0.39 is 34.1 Å². The summed E-state index contributed by atoms with van der Waals surface area (Å²) < 4.78 is 56.8. The number of benzene rings is 3. The summed E-state index contributed by atoms with van der Waals surface area (Å²) in [6.07, 6.45) is 0.273. The zero-order chi connectivity index (χ0) is 34.9. The number of anilines is 1. The number of nitrogens with zero attached hydrogens (tertiary/aromatic N) is 2. The molecule has 0 saturated carbocycles. The van der Waals surface area contributed by atoms with Gasteiger partial charge >= 0.3 is 0 Å². The van der Waals surface area contributed by atoms with Crippen LogP contribution in [-0.4, -0.2) is 78.8 Å². The van der Waals surface area contributed by atoms with Crippen LogP contribution in [0.2, 0.25) is 0 Å². The van der Waals surface area contributed by atoms with Crippen molar-refractivity contribution in [3.05, 3.63) is 66.2 Å². The van der Waals surface area contributed by atoms with E-state index in [9.17, 15) is 18.0 Å². The molecule has 0 saturated heterocycles. The summed E-state index contributed by atoms with van der Waals surface area (Å²) in [7, 11) is 2.76. The molecule has 0 radical (unpaired) electrons. The van der Waals surface area contributed by atoms with Crippen LogP contribution in [-0.2, 0) is 26.2 Å². The monoisotopic (exact) mass is 671 g/mol. The van der Waals surface area contributed by atoms with Crippen molar-refractivity contribution in [1.82, 2.24) is 10.2 Å². The topological polar surface area (TPSA) is 133 Å². The van der Waals surface area contributed by atoms with Crippen LogP contribution in [0.4, 0.5) is 5.69 Å². The lowest BCUT2D eigenvalue weighted by Crippen LogP contribution is -2.55. The second-order valence-corrected chi connectivity index (χ2v) is 13.5. The van der Waals surface area contributed by atoms with E-state index in [0.717, 1.165) is 9.87 Å². The molecule has 0 spiro atoms. The van der Waals surface area contributed by atoms with Gasteiger partial charge in [0.1, 0.15) is 29.8 Å². The van der Waals surface area contributed by atoms with Crippen LogP contribution in [0.25, 0.3) is 0 Å². The first-order chi connectivity index (χ1) is 22.2. The zero-order valence-corrected chi connectivity index (χ0v) is 29.3. The summed E-state index contributed by atoms with van der Waals surface area (Å²) >= 11 is 0. The minimum Gasteiger partial charge on any atom is -0.497 e. The maximum Gasteiger partial charge on any atom is 0.265 e. The molecule has 12 nitrogen and oxygen atoms in total. The summed E-state index contributed by atoms with van der Waals surface area (Å²) in [5, 5.41) is 2.96. The molecule has 13 heteroatoms. The Labute approximate surface area is 277 Å². The molecular formula is C34H45N3O9S. The van der Waals surface area contributed by atoms with Crippen LogP contribution in [0.3, 0.4) is 0 Å². The quantitative estimate of drug-likeness (QED) is 0.245. The number of methoxy groups -OCH3 is 5. The van der Waals surface area contributed by atoms with Crippen LogP contribution in [0.1, 0.15) is 39.7 Å². The van der Waals surface area contributed by atoms with E-state index in [1.165, 1.54) is 57.6 Å². The number of carbonyl (C=O) groups is 2. The van der Waals surface area contributed by atoms with Gasteiger partial charge in [-0.15, -0.1) is 0 Å². The van der Waals surface area contributed by atoms with E-state index in [4.69, 9.17) is 23.7 Å². The molecule has 0 aliphatic heterocycles. The van der Waals surface area contributed by atoms with E-state index in [1.54, 1.807) is 50.4 Å². The fourth-order valence-electron chi connectivity index (χ4n) is 4.91. The van der Waals surface area contributed by atoms with E-state index in [-0.39, 0.29) is 41.0 Å². The Hall–Kier alpha value is -4.65. The van der Waals surface area contributed by atoms with Crippen LogP contribution < -0.4 is 33.3 Å². The molecule has 0 aliphatic carbocycles. The lowest BCUT2D eigenvalue weighted by atomic mass is 10.1. The second kappa shape index (κ2) is 15.8. The third-order valence-electron chi connectivity index (χ3n) is 7.27. The molecular weight excluding hydrogens is 626 g/mol. The fraction of sp³-hybridized carbons (Fsp3) is 0.412. The summed E-state index contributed by atoms with van der Waals surface area (Å²) in [6.45, 7) is 6.69. The summed E-state index contributed by atoms with van der Waals surface area (Å²) in [5.74, 6) is 0.675. The minimum atomic E-state index is -4.46. The van der Waals surface area contributed by atoms with Gasteiger partial charge in [0.05, 0.1) is 46.1 Å². The summed E-state index contributed by atoms with van der Waals surface area (Å²) in [6, 6.07) is 15.0. The third kappa shape index (κ3) is 9.00. The van der Waals surface area contributed by atoms with Crippen molar-refractivity contribution in [1.29, 1.82) is 0 Å².